The molecule has 132 valence electrons. The maximum Gasteiger partial charge on any atom is 0.230 e. The van der Waals surface area contributed by atoms with Crippen molar-refractivity contribution in [2.24, 2.45) is 11.8 Å². The zero-order valence-corrected chi connectivity index (χ0v) is 14.9. The van der Waals surface area contributed by atoms with Gasteiger partial charge in [0.25, 0.3) is 0 Å². The van der Waals surface area contributed by atoms with Crippen LogP contribution in [0.25, 0.3) is 0 Å². The molecule has 2 aliphatic rings. The van der Waals surface area contributed by atoms with Gasteiger partial charge in [-0.2, -0.15) is 0 Å². The third-order valence-corrected chi connectivity index (χ3v) is 5.46. The highest BCUT2D eigenvalue weighted by Crippen LogP contribution is 2.49. The summed E-state index contributed by atoms with van der Waals surface area (Å²) in [5.41, 5.74) is -0.0433. The first-order valence-corrected chi connectivity index (χ1v) is 9.27. The maximum absolute atomic E-state index is 14.0. The third-order valence-electron chi connectivity index (χ3n) is 5.46. The normalized spacial score (nSPS) is 21.0. The summed E-state index contributed by atoms with van der Waals surface area (Å²) < 4.78 is 14.0. The highest BCUT2D eigenvalue weighted by molar-refractivity contribution is 5.91. The molecular formula is C20H29FN2O. The number of piperidine rings is 1. The second-order valence-corrected chi connectivity index (χ2v) is 7.91. The minimum Gasteiger partial charge on any atom is -0.355 e. The second-order valence-electron chi connectivity index (χ2n) is 7.91. The monoisotopic (exact) mass is 332 g/mol. The number of benzene rings is 1. The van der Waals surface area contributed by atoms with E-state index in [9.17, 15) is 9.18 Å². The number of hydrogen-bond donors (Lipinski definition) is 1. The van der Waals surface area contributed by atoms with Gasteiger partial charge in [-0.1, -0.05) is 32.0 Å². The van der Waals surface area contributed by atoms with Crippen LogP contribution in [0.15, 0.2) is 24.3 Å². The highest BCUT2D eigenvalue weighted by atomic mass is 19.1. The van der Waals surface area contributed by atoms with Crippen molar-refractivity contribution in [3.63, 3.8) is 0 Å². The fraction of sp³-hybridized carbons (Fsp3) is 0.650. The van der Waals surface area contributed by atoms with Gasteiger partial charge >= 0.3 is 0 Å². The molecular weight excluding hydrogens is 303 g/mol. The van der Waals surface area contributed by atoms with E-state index < -0.39 is 5.41 Å². The fourth-order valence-electron chi connectivity index (χ4n) is 3.89. The van der Waals surface area contributed by atoms with Crippen molar-refractivity contribution in [1.82, 2.24) is 10.2 Å². The molecule has 1 N–H and O–H groups in total. The number of carbonyl (C=O) groups is 1. The Kier molecular flexibility index (Phi) is 5.24. The smallest absolute Gasteiger partial charge is 0.230 e. The molecule has 3 nitrogen and oxygen atoms in total. The molecule has 0 radical (unpaired) electrons. The average molecular weight is 332 g/mol. The van der Waals surface area contributed by atoms with E-state index in [1.54, 1.807) is 12.1 Å². The number of hydrogen-bond acceptors (Lipinski definition) is 2. The van der Waals surface area contributed by atoms with Crippen LogP contribution in [0.5, 0.6) is 0 Å². The fourth-order valence-corrected chi connectivity index (χ4v) is 3.89. The molecule has 1 aliphatic carbocycles. The summed E-state index contributed by atoms with van der Waals surface area (Å²) >= 11 is 0. The van der Waals surface area contributed by atoms with Crippen molar-refractivity contribution in [3.8, 4) is 0 Å². The number of likely N-dealkylation sites (tertiary alicyclic amines) is 1. The molecule has 1 saturated carbocycles. The van der Waals surface area contributed by atoms with Crippen molar-refractivity contribution in [2.75, 3.05) is 26.2 Å². The molecule has 0 atom stereocenters. The van der Waals surface area contributed by atoms with E-state index in [0.717, 1.165) is 51.9 Å². The largest absolute Gasteiger partial charge is 0.355 e. The number of carbonyl (C=O) groups excluding carboxylic acids is 1. The summed E-state index contributed by atoms with van der Waals surface area (Å²) in [4.78, 5) is 15.2. The minimum atomic E-state index is -0.607. The zero-order chi connectivity index (χ0) is 17.2. The first-order chi connectivity index (χ1) is 11.5. The Morgan fingerprint density at radius 3 is 2.54 bits per heavy atom. The Morgan fingerprint density at radius 1 is 1.29 bits per heavy atom. The van der Waals surface area contributed by atoms with Crippen molar-refractivity contribution in [2.45, 2.75) is 44.9 Å². The van der Waals surface area contributed by atoms with E-state index in [0.29, 0.717) is 17.4 Å². The lowest BCUT2D eigenvalue weighted by Gasteiger charge is -2.33. The van der Waals surface area contributed by atoms with Crippen LogP contribution in [0, 0.1) is 17.7 Å². The summed E-state index contributed by atoms with van der Waals surface area (Å²) in [6.45, 7) is 8.64. The first kappa shape index (κ1) is 17.4. The molecule has 1 aliphatic heterocycles. The van der Waals surface area contributed by atoms with Crippen LogP contribution in [0.2, 0.25) is 0 Å². The van der Waals surface area contributed by atoms with Crippen LogP contribution in [-0.4, -0.2) is 37.0 Å². The number of nitrogens with one attached hydrogen (secondary N) is 1. The molecule has 2 fully saturated rings. The Labute approximate surface area is 144 Å². The molecule has 0 aromatic heterocycles. The van der Waals surface area contributed by atoms with E-state index in [1.165, 1.54) is 6.07 Å². The summed E-state index contributed by atoms with van der Waals surface area (Å²) in [6.07, 6.45) is 3.79. The highest BCUT2D eigenvalue weighted by Gasteiger charge is 2.52. The topological polar surface area (TPSA) is 32.3 Å². The van der Waals surface area contributed by atoms with E-state index in [4.69, 9.17) is 0 Å². The van der Waals surface area contributed by atoms with Crippen molar-refractivity contribution < 1.29 is 9.18 Å². The van der Waals surface area contributed by atoms with Crippen LogP contribution in [0.4, 0.5) is 4.39 Å². The Balaban J connectivity index is 1.49. The van der Waals surface area contributed by atoms with Gasteiger partial charge in [-0.3, -0.25) is 4.79 Å². The van der Waals surface area contributed by atoms with Gasteiger partial charge in [-0.15, -0.1) is 0 Å². The van der Waals surface area contributed by atoms with Gasteiger partial charge in [0.15, 0.2) is 0 Å². The van der Waals surface area contributed by atoms with E-state index in [-0.39, 0.29) is 11.7 Å². The molecule has 0 spiro atoms. The number of rotatable bonds is 6. The van der Waals surface area contributed by atoms with Gasteiger partial charge in [-0.25, -0.2) is 4.39 Å². The Hall–Kier alpha value is -1.42. The van der Waals surface area contributed by atoms with E-state index in [2.05, 4.69) is 24.1 Å². The molecule has 4 heteroatoms. The number of halogens is 1. The summed E-state index contributed by atoms with van der Waals surface area (Å²) in [7, 11) is 0. The molecule has 0 bridgehead atoms. The van der Waals surface area contributed by atoms with Crippen LogP contribution >= 0.6 is 0 Å². The van der Waals surface area contributed by atoms with Crippen molar-refractivity contribution in [3.05, 3.63) is 35.6 Å². The summed E-state index contributed by atoms with van der Waals surface area (Å²) in [5, 5.41) is 3.11. The average Bonchev–Trinajstić information content (AvgIpc) is 3.35. The minimum absolute atomic E-state index is 0.0113. The van der Waals surface area contributed by atoms with Crippen molar-refractivity contribution in [1.29, 1.82) is 0 Å². The van der Waals surface area contributed by atoms with Gasteiger partial charge < -0.3 is 10.2 Å². The number of amides is 1. The molecule has 1 heterocycles. The molecule has 1 saturated heterocycles. The standard InChI is InChI=1S/C20H29FN2O/c1-15(2)14-23-11-7-16(8-12-23)13-22-19(24)20(9-10-20)17-5-3-4-6-18(17)21/h3-6,15-16H,7-14H2,1-2H3,(H,22,24). The summed E-state index contributed by atoms with van der Waals surface area (Å²) in [6, 6.07) is 6.70. The Bertz CT molecular complexity index is 575. The quantitative estimate of drug-likeness (QED) is 0.866. The van der Waals surface area contributed by atoms with Crippen LogP contribution in [-0.2, 0) is 10.2 Å². The summed E-state index contributed by atoms with van der Waals surface area (Å²) in [5.74, 6) is 1.01. The molecule has 1 amide bonds. The van der Waals surface area contributed by atoms with Gasteiger partial charge in [-0.05, 0) is 56.7 Å². The maximum atomic E-state index is 14.0. The van der Waals surface area contributed by atoms with Gasteiger partial charge in [0.1, 0.15) is 5.82 Å². The predicted octanol–water partition coefficient (Wildman–Crippen LogP) is 3.34. The van der Waals surface area contributed by atoms with Crippen molar-refractivity contribution >= 4 is 5.91 Å². The third kappa shape index (κ3) is 3.80. The van der Waals surface area contributed by atoms with Gasteiger partial charge in [0.05, 0.1) is 5.41 Å². The second kappa shape index (κ2) is 7.22. The zero-order valence-electron chi connectivity index (χ0n) is 14.9. The van der Waals surface area contributed by atoms with Gasteiger partial charge in [0, 0.05) is 18.7 Å². The molecule has 1 aromatic carbocycles. The lowest BCUT2D eigenvalue weighted by molar-refractivity contribution is -0.123. The number of nitrogens with zero attached hydrogens (tertiary/aromatic N) is 1. The van der Waals surface area contributed by atoms with E-state index >= 15 is 0 Å². The van der Waals surface area contributed by atoms with Gasteiger partial charge in [0.2, 0.25) is 5.91 Å². The molecule has 1 aromatic rings. The molecule has 3 rings (SSSR count). The lowest BCUT2D eigenvalue weighted by Crippen LogP contribution is -2.42. The Morgan fingerprint density at radius 2 is 1.96 bits per heavy atom. The predicted molar refractivity (Wildman–Crippen MR) is 94.3 cm³/mol. The first-order valence-electron chi connectivity index (χ1n) is 9.27. The van der Waals surface area contributed by atoms with Crippen LogP contribution < -0.4 is 5.32 Å². The lowest BCUT2D eigenvalue weighted by atomic mass is 9.93. The van der Waals surface area contributed by atoms with E-state index in [1.807, 2.05) is 6.07 Å². The van der Waals surface area contributed by atoms with Crippen LogP contribution in [0.3, 0.4) is 0 Å². The SMILES string of the molecule is CC(C)CN1CCC(CNC(=O)C2(c3ccccc3F)CC2)CC1. The molecule has 24 heavy (non-hydrogen) atoms. The van der Waals surface area contributed by atoms with Crippen LogP contribution in [0.1, 0.15) is 45.1 Å². The molecule has 0 unspecified atom stereocenters.